The molecule has 5 heteroatoms. The first-order valence-corrected chi connectivity index (χ1v) is 5.63. The average Bonchev–Trinajstić information content (AvgIpc) is 3.12. The van der Waals surface area contributed by atoms with Crippen molar-refractivity contribution in [1.29, 1.82) is 0 Å². The fraction of sp³-hybridized carbons (Fsp3) is 0.417. The third-order valence-electron chi connectivity index (χ3n) is 3.03. The Hall–Kier alpha value is -1.91. The number of hydrogen-bond donors (Lipinski definition) is 1. The molecule has 1 aromatic rings. The van der Waals surface area contributed by atoms with E-state index in [1.54, 1.807) is 0 Å². The normalized spacial score (nSPS) is 16.3. The van der Waals surface area contributed by atoms with Gasteiger partial charge in [-0.25, -0.2) is 0 Å². The van der Waals surface area contributed by atoms with Gasteiger partial charge in [-0.15, -0.1) is 0 Å². The van der Waals surface area contributed by atoms with Crippen LogP contribution in [-0.4, -0.2) is 16.9 Å². The van der Waals surface area contributed by atoms with Crippen molar-refractivity contribution >= 4 is 11.6 Å². The molecule has 0 saturated heterocycles. The monoisotopic (exact) mass is 234 g/mol. The van der Waals surface area contributed by atoms with Crippen LogP contribution in [0.1, 0.15) is 30.1 Å². The number of nitrogens with one attached hydrogen (secondary N) is 1. The lowest BCUT2D eigenvalue weighted by Gasteiger charge is -2.12. The summed E-state index contributed by atoms with van der Waals surface area (Å²) >= 11 is 0. The van der Waals surface area contributed by atoms with E-state index in [2.05, 4.69) is 5.32 Å². The Morgan fingerprint density at radius 2 is 2.00 bits per heavy atom. The minimum absolute atomic E-state index is 0.00297. The van der Waals surface area contributed by atoms with Crippen LogP contribution in [0.5, 0.6) is 0 Å². The minimum Gasteiger partial charge on any atom is -0.349 e. The molecule has 1 fully saturated rings. The summed E-state index contributed by atoms with van der Waals surface area (Å²) in [5.74, 6) is 0.427. The fourth-order valence-electron chi connectivity index (χ4n) is 1.74. The van der Waals surface area contributed by atoms with E-state index in [4.69, 9.17) is 0 Å². The van der Waals surface area contributed by atoms with Gasteiger partial charge in [-0.1, -0.05) is 0 Å². The van der Waals surface area contributed by atoms with Crippen LogP contribution in [0, 0.1) is 16.0 Å². The Balaban J connectivity index is 2.00. The highest BCUT2D eigenvalue weighted by Crippen LogP contribution is 2.32. The van der Waals surface area contributed by atoms with E-state index >= 15 is 0 Å². The maximum atomic E-state index is 11.8. The van der Waals surface area contributed by atoms with Crippen LogP contribution in [0.25, 0.3) is 0 Å². The maximum absolute atomic E-state index is 11.8. The van der Waals surface area contributed by atoms with E-state index in [-0.39, 0.29) is 17.6 Å². The SMILES string of the molecule is C[C@H](NC(=O)c1ccc([N+](=O)[O-])cc1)C1CC1. The Morgan fingerprint density at radius 1 is 1.41 bits per heavy atom. The zero-order valence-electron chi connectivity index (χ0n) is 9.55. The van der Waals surface area contributed by atoms with Crippen molar-refractivity contribution in [2.45, 2.75) is 25.8 Å². The van der Waals surface area contributed by atoms with Crippen molar-refractivity contribution in [1.82, 2.24) is 5.32 Å². The molecule has 1 aliphatic carbocycles. The molecule has 1 aromatic carbocycles. The molecular weight excluding hydrogens is 220 g/mol. The molecule has 0 heterocycles. The number of benzene rings is 1. The summed E-state index contributed by atoms with van der Waals surface area (Å²) < 4.78 is 0. The Morgan fingerprint density at radius 3 is 2.47 bits per heavy atom. The van der Waals surface area contributed by atoms with E-state index in [1.807, 2.05) is 6.92 Å². The first-order chi connectivity index (χ1) is 8.08. The van der Waals surface area contributed by atoms with E-state index in [0.717, 1.165) is 0 Å². The third kappa shape index (κ3) is 2.81. The van der Waals surface area contributed by atoms with Gasteiger partial charge in [0.1, 0.15) is 0 Å². The molecular formula is C12H14N2O3. The molecule has 0 radical (unpaired) electrons. The number of nitrogens with zero attached hydrogens (tertiary/aromatic N) is 1. The molecule has 1 saturated carbocycles. The number of non-ortho nitro benzene ring substituents is 1. The van der Waals surface area contributed by atoms with Gasteiger partial charge in [0.25, 0.3) is 11.6 Å². The summed E-state index contributed by atoms with van der Waals surface area (Å²) in [6.45, 7) is 1.99. The summed E-state index contributed by atoms with van der Waals surface area (Å²) in [7, 11) is 0. The van der Waals surface area contributed by atoms with Gasteiger partial charge in [0.05, 0.1) is 4.92 Å². The predicted molar refractivity (Wildman–Crippen MR) is 62.7 cm³/mol. The zero-order chi connectivity index (χ0) is 12.4. The number of hydrogen-bond acceptors (Lipinski definition) is 3. The molecule has 90 valence electrons. The molecule has 1 atom stereocenters. The summed E-state index contributed by atoms with van der Waals surface area (Å²) in [6, 6.07) is 5.82. The van der Waals surface area contributed by atoms with Crippen molar-refractivity contribution in [2.75, 3.05) is 0 Å². The van der Waals surface area contributed by atoms with Crippen molar-refractivity contribution in [3.63, 3.8) is 0 Å². The number of nitro benzene ring substituents is 1. The lowest BCUT2D eigenvalue weighted by Crippen LogP contribution is -2.33. The lowest BCUT2D eigenvalue weighted by atomic mass is 10.1. The van der Waals surface area contributed by atoms with Crippen LogP contribution in [0.3, 0.4) is 0 Å². The standard InChI is InChI=1S/C12H14N2O3/c1-8(9-2-3-9)13-12(15)10-4-6-11(7-5-10)14(16)17/h4-9H,2-3H2,1H3,(H,13,15)/t8-/m0/s1. The maximum Gasteiger partial charge on any atom is 0.269 e. The highest BCUT2D eigenvalue weighted by Gasteiger charge is 2.29. The molecule has 0 aromatic heterocycles. The number of amides is 1. The van der Waals surface area contributed by atoms with Gasteiger partial charge >= 0.3 is 0 Å². The summed E-state index contributed by atoms with van der Waals surface area (Å²) in [5.41, 5.74) is 0.458. The van der Waals surface area contributed by atoms with Crippen molar-refractivity contribution in [3.8, 4) is 0 Å². The van der Waals surface area contributed by atoms with Crippen LogP contribution < -0.4 is 5.32 Å². The summed E-state index contributed by atoms with van der Waals surface area (Å²) in [6.07, 6.45) is 2.34. The van der Waals surface area contributed by atoms with Gasteiger partial charge in [0.15, 0.2) is 0 Å². The van der Waals surface area contributed by atoms with Gasteiger partial charge in [0, 0.05) is 23.7 Å². The van der Waals surface area contributed by atoms with Gasteiger partial charge in [0.2, 0.25) is 0 Å². The van der Waals surface area contributed by atoms with Gasteiger partial charge in [-0.3, -0.25) is 14.9 Å². The number of carbonyl (C=O) groups excluding carboxylic acids is 1. The molecule has 1 N–H and O–H groups in total. The van der Waals surface area contributed by atoms with Crippen molar-refractivity contribution in [3.05, 3.63) is 39.9 Å². The molecule has 1 aliphatic rings. The number of carbonyl (C=O) groups is 1. The lowest BCUT2D eigenvalue weighted by molar-refractivity contribution is -0.384. The first-order valence-electron chi connectivity index (χ1n) is 5.63. The summed E-state index contributed by atoms with van der Waals surface area (Å²) in [4.78, 5) is 21.8. The Bertz CT molecular complexity index is 438. The molecule has 2 rings (SSSR count). The predicted octanol–water partition coefficient (Wildman–Crippen LogP) is 2.12. The number of rotatable bonds is 4. The Labute approximate surface area is 99.0 Å². The zero-order valence-corrected chi connectivity index (χ0v) is 9.55. The van der Waals surface area contributed by atoms with Crippen molar-refractivity contribution < 1.29 is 9.72 Å². The second-order valence-corrected chi connectivity index (χ2v) is 4.40. The van der Waals surface area contributed by atoms with Crippen LogP contribution >= 0.6 is 0 Å². The van der Waals surface area contributed by atoms with E-state index in [1.165, 1.54) is 37.1 Å². The Kier molecular flexibility index (Phi) is 3.08. The van der Waals surface area contributed by atoms with E-state index in [9.17, 15) is 14.9 Å². The second kappa shape index (κ2) is 4.53. The van der Waals surface area contributed by atoms with Crippen molar-refractivity contribution in [2.24, 2.45) is 5.92 Å². The summed E-state index contributed by atoms with van der Waals surface area (Å²) in [5, 5.41) is 13.4. The van der Waals surface area contributed by atoms with Gasteiger partial charge in [-0.05, 0) is 37.8 Å². The fourth-order valence-corrected chi connectivity index (χ4v) is 1.74. The molecule has 0 bridgehead atoms. The molecule has 5 nitrogen and oxygen atoms in total. The molecule has 0 unspecified atom stereocenters. The van der Waals surface area contributed by atoms with Gasteiger partial charge < -0.3 is 5.32 Å². The van der Waals surface area contributed by atoms with Crippen LogP contribution in [-0.2, 0) is 0 Å². The van der Waals surface area contributed by atoms with E-state index < -0.39 is 4.92 Å². The third-order valence-corrected chi connectivity index (χ3v) is 3.03. The first kappa shape index (κ1) is 11.6. The van der Waals surface area contributed by atoms with Gasteiger partial charge in [-0.2, -0.15) is 0 Å². The quantitative estimate of drug-likeness (QED) is 0.640. The molecule has 17 heavy (non-hydrogen) atoms. The molecule has 0 spiro atoms. The highest BCUT2D eigenvalue weighted by molar-refractivity contribution is 5.94. The number of nitro groups is 1. The minimum atomic E-state index is -0.478. The highest BCUT2D eigenvalue weighted by atomic mass is 16.6. The van der Waals surface area contributed by atoms with E-state index in [0.29, 0.717) is 11.5 Å². The second-order valence-electron chi connectivity index (χ2n) is 4.40. The topological polar surface area (TPSA) is 72.2 Å². The largest absolute Gasteiger partial charge is 0.349 e. The molecule has 1 amide bonds. The van der Waals surface area contributed by atoms with Crippen LogP contribution in [0.15, 0.2) is 24.3 Å². The van der Waals surface area contributed by atoms with Crippen LogP contribution in [0.2, 0.25) is 0 Å². The molecule has 0 aliphatic heterocycles. The smallest absolute Gasteiger partial charge is 0.269 e. The van der Waals surface area contributed by atoms with Crippen LogP contribution in [0.4, 0.5) is 5.69 Å². The average molecular weight is 234 g/mol.